The van der Waals surface area contributed by atoms with Crippen LogP contribution in [0, 0.1) is 0 Å². The van der Waals surface area contributed by atoms with Gasteiger partial charge in [-0.3, -0.25) is 0 Å². The number of nitrogens with zero attached hydrogens (tertiary/aromatic N) is 1. The molecule has 0 saturated carbocycles. The largest absolute Gasteiger partial charge is 0.500 e. The molecule has 0 amide bonds. The molecule has 11 heteroatoms. The van der Waals surface area contributed by atoms with Crippen molar-refractivity contribution in [3.8, 4) is 0 Å². The van der Waals surface area contributed by atoms with Gasteiger partial charge in [-0.1, -0.05) is 0 Å². The number of hydrogen-bond acceptors (Lipinski definition) is 9. The fourth-order valence-corrected chi connectivity index (χ4v) is 7.04. The van der Waals surface area contributed by atoms with E-state index in [1.165, 1.54) is 6.08 Å². The van der Waals surface area contributed by atoms with Crippen molar-refractivity contribution in [2.75, 3.05) is 53.4 Å². The lowest BCUT2D eigenvalue weighted by Crippen LogP contribution is -2.46. The van der Waals surface area contributed by atoms with Gasteiger partial charge in [-0.05, 0) is 39.4 Å². The third kappa shape index (κ3) is 13.7. The van der Waals surface area contributed by atoms with Gasteiger partial charge in [0.1, 0.15) is 0 Å². The van der Waals surface area contributed by atoms with Gasteiger partial charge in [0.25, 0.3) is 0 Å². The minimum absolute atomic E-state index is 0.450. The Bertz CT molecular complexity index is 358. The molecule has 0 rings (SSSR count). The summed E-state index contributed by atoms with van der Waals surface area (Å²) in [4.78, 5) is 13.4. The van der Waals surface area contributed by atoms with Crippen LogP contribution in [0.2, 0.25) is 12.1 Å². The maximum Gasteiger partial charge on any atom is 0.500 e. The van der Waals surface area contributed by atoms with E-state index in [9.17, 15) is 4.79 Å². The molecule has 0 aliphatic heterocycles. The summed E-state index contributed by atoms with van der Waals surface area (Å²) in [7, 11) is 0.0457. The lowest BCUT2D eigenvalue weighted by molar-refractivity contribution is 0.0710. The van der Waals surface area contributed by atoms with E-state index in [0.29, 0.717) is 32.4 Å². The second-order valence-corrected chi connectivity index (χ2v) is 11.5. The monoisotopic (exact) mass is 443 g/mol. The van der Waals surface area contributed by atoms with E-state index in [1.807, 2.05) is 20.8 Å². The van der Waals surface area contributed by atoms with Gasteiger partial charge in [0, 0.05) is 53.2 Å². The summed E-state index contributed by atoms with van der Waals surface area (Å²) in [5, 5.41) is 0. The molecule has 0 aromatic carbocycles. The first-order chi connectivity index (χ1) is 13.0. The highest BCUT2D eigenvalue weighted by Gasteiger charge is 2.39. The SMILES string of the molecule is CCO[Si](CCCN=C=O)(OCC)OCC.CO[Si](CCCS)(OC)OC. The topological polar surface area (TPSA) is 84.8 Å². The van der Waals surface area contributed by atoms with Gasteiger partial charge in [0.2, 0.25) is 6.08 Å². The van der Waals surface area contributed by atoms with Crippen LogP contribution in [0.15, 0.2) is 4.99 Å². The average Bonchev–Trinajstić information content (AvgIpc) is 2.68. The maximum absolute atomic E-state index is 9.93. The van der Waals surface area contributed by atoms with Crippen LogP contribution in [-0.2, 0) is 31.4 Å². The van der Waals surface area contributed by atoms with Gasteiger partial charge in [-0.25, -0.2) is 9.79 Å². The number of carbonyl (C=O) groups excluding carboxylic acids is 1. The van der Waals surface area contributed by atoms with Crippen molar-refractivity contribution in [2.45, 2.75) is 45.7 Å². The van der Waals surface area contributed by atoms with Crippen molar-refractivity contribution < 1.29 is 31.4 Å². The quantitative estimate of drug-likeness (QED) is 0.129. The fourth-order valence-electron chi connectivity index (χ4n) is 2.27. The van der Waals surface area contributed by atoms with Crippen molar-refractivity contribution in [1.82, 2.24) is 0 Å². The highest BCUT2D eigenvalue weighted by molar-refractivity contribution is 7.80. The molecule has 162 valence electrons. The van der Waals surface area contributed by atoms with Gasteiger partial charge in [-0.15, -0.1) is 0 Å². The first-order valence-corrected chi connectivity index (χ1v) is 13.7. The predicted molar refractivity (Wildman–Crippen MR) is 113 cm³/mol. The van der Waals surface area contributed by atoms with Crippen LogP contribution in [0.5, 0.6) is 0 Å². The Morgan fingerprint density at radius 1 is 0.815 bits per heavy atom. The Kier molecular flexibility index (Phi) is 20.8. The lowest BCUT2D eigenvalue weighted by Gasteiger charge is -2.28. The van der Waals surface area contributed by atoms with Crippen LogP contribution in [0.25, 0.3) is 0 Å². The van der Waals surface area contributed by atoms with E-state index in [0.717, 1.165) is 24.6 Å². The molecule has 27 heavy (non-hydrogen) atoms. The molecular formula is C16H37NO7SSi2. The predicted octanol–water partition coefficient (Wildman–Crippen LogP) is 2.95. The molecule has 0 aromatic heterocycles. The number of aliphatic imine (C=N–C) groups is 1. The van der Waals surface area contributed by atoms with Crippen LogP contribution >= 0.6 is 12.6 Å². The summed E-state index contributed by atoms with van der Waals surface area (Å²) in [5.74, 6) is 0.838. The van der Waals surface area contributed by atoms with Crippen molar-refractivity contribution >= 4 is 36.3 Å². The standard InChI is InChI=1S/C10H21NO4Si.C6H16O3SSi/c1-4-13-16(14-5-2,15-6-3)9-7-8-11-10-12;1-7-11(8-2,9-3)6-4-5-10/h4-9H2,1-3H3;10H,4-6H2,1-3H3. The second-order valence-electron chi connectivity index (χ2n) is 5.18. The Balaban J connectivity index is 0. The summed E-state index contributed by atoms with van der Waals surface area (Å²) in [6.45, 7) is 7.93. The molecule has 0 fully saturated rings. The molecule has 8 nitrogen and oxygen atoms in total. The van der Waals surface area contributed by atoms with Crippen LogP contribution in [0.3, 0.4) is 0 Å². The molecule has 0 aliphatic rings. The molecule has 0 heterocycles. The minimum Gasteiger partial charge on any atom is -0.377 e. The zero-order valence-corrected chi connectivity index (χ0v) is 20.5. The summed E-state index contributed by atoms with van der Waals surface area (Å²) in [5.41, 5.74) is 0. The molecule has 0 aromatic rings. The molecule has 0 atom stereocenters. The number of thiol groups is 1. The van der Waals surface area contributed by atoms with Gasteiger partial charge >= 0.3 is 17.6 Å². The number of hydrogen-bond donors (Lipinski definition) is 1. The molecule has 0 spiro atoms. The van der Waals surface area contributed by atoms with Crippen molar-refractivity contribution in [1.29, 1.82) is 0 Å². The van der Waals surface area contributed by atoms with E-state index in [1.54, 1.807) is 21.3 Å². The van der Waals surface area contributed by atoms with Gasteiger partial charge < -0.3 is 26.6 Å². The Hall–Kier alpha value is -0.0762. The second kappa shape index (κ2) is 19.2. The first kappa shape index (κ1) is 29.1. The normalized spacial score (nSPS) is 11.5. The Morgan fingerprint density at radius 3 is 1.59 bits per heavy atom. The Labute approximate surface area is 172 Å². The van der Waals surface area contributed by atoms with E-state index < -0.39 is 17.6 Å². The van der Waals surface area contributed by atoms with Crippen LogP contribution in [-0.4, -0.2) is 77.1 Å². The number of isocyanates is 1. The third-order valence-electron chi connectivity index (χ3n) is 3.48. The van der Waals surface area contributed by atoms with Crippen LogP contribution in [0.4, 0.5) is 0 Å². The van der Waals surface area contributed by atoms with E-state index in [-0.39, 0.29) is 0 Å². The average molecular weight is 444 g/mol. The zero-order valence-electron chi connectivity index (χ0n) is 17.6. The third-order valence-corrected chi connectivity index (χ3v) is 9.78. The molecule has 0 saturated heterocycles. The highest BCUT2D eigenvalue weighted by atomic mass is 32.1. The van der Waals surface area contributed by atoms with Crippen molar-refractivity contribution in [3.63, 3.8) is 0 Å². The molecule has 0 bridgehead atoms. The van der Waals surface area contributed by atoms with Crippen molar-refractivity contribution in [2.24, 2.45) is 4.99 Å². The smallest absolute Gasteiger partial charge is 0.377 e. The lowest BCUT2D eigenvalue weighted by atomic mass is 10.5. The number of rotatable bonds is 16. The van der Waals surface area contributed by atoms with E-state index in [2.05, 4.69) is 17.6 Å². The van der Waals surface area contributed by atoms with Crippen molar-refractivity contribution in [3.05, 3.63) is 0 Å². The molecule has 0 unspecified atom stereocenters. The summed E-state index contributed by atoms with van der Waals surface area (Å²) < 4.78 is 32.5. The van der Waals surface area contributed by atoms with Crippen LogP contribution < -0.4 is 0 Å². The van der Waals surface area contributed by atoms with E-state index >= 15 is 0 Å². The van der Waals surface area contributed by atoms with E-state index in [4.69, 9.17) is 26.6 Å². The molecule has 0 radical (unpaired) electrons. The Morgan fingerprint density at radius 2 is 1.26 bits per heavy atom. The summed E-state index contributed by atoms with van der Waals surface area (Å²) in [6.07, 6.45) is 3.20. The van der Waals surface area contributed by atoms with Gasteiger partial charge in [-0.2, -0.15) is 12.6 Å². The maximum atomic E-state index is 9.93. The van der Waals surface area contributed by atoms with Gasteiger partial charge in [0.15, 0.2) is 0 Å². The van der Waals surface area contributed by atoms with Gasteiger partial charge in [0.05, 0.1) is 6.54 Å². The first-order valence-electron chi connectivity index (χ1n) is 9.20. The summed E-state index contributed by atoms with van der Waals surface area (Å²) in [6, 6.07) is 1.52. The minimum atomic E-state index is -2.54. The fraction of sp³-hybridized carbons (Fsp3) is 0.938. The molecular weight excluding hydrogens is 406 g/mol. The zero-order chi connectivity index (χ0) is 21.0. The summed E-state index contributed by atoms with van der Waals surface area (Å²) >= 11 is 4.10. The molecule has 0 aliphatic carbocycles. The molecule has 0 N–H and O–H groups in total. The highest BCUT2D eigenvalue weighted by Crippen LogP contribution is 2.18. The van der Waals surface area contributed by atoms with Crippen LogP contribution in [0.1, 0.15) is 33.6 Å².